The summed E-state index contributed by atoms with van der Waals surface area (Å²) in [5, 5.41) is 10.1. The molecule has 1 unspecified atom stereocenters. The van der Waals surface area contributed by atoms with Crippen molar-refractivity contribution in [2.75, 3.05) is 6.54 Å². The molecule has 3 rings (SSSR count). The van der Waals surface area contributed by atoms with E-state index in [0.29, 0.717) is 6.07 Å². The predicted molar refractivity (Wildman–Crippen MR) is 73.1 cm³/mol. The van der Waals surface area contributed by atoms with E-state index in [1.54, 1.807) is 12.1 Å². The number of amides is 2. The number of benzene rings is 2. The molecule has 0 saturated carbocycles. The second-order valence-electron chi connectivity index (χ2n) is 4.95. The molecule has 22 heavy (non-hydrogen) atoms. The number of β-amino-alcohol motifs (C(OH)–C–C–N with tert-alkyl or cyclic N) is 1. The molecule has 112 valence electrons. The van der Waals surface area contributed by atoms with Gasteiger partial charge >= 0.3 is 0 Å². The van der Waals surface area contributed by atoms with Gasteiger partial charge in [0.15, 0.2) is 0 Å². The van der Waals surface area contributed by atoms with Crippen LogP contribution in [0.25, 0.3) is 0 Å². The Balaban J connectivity index is 1.85. The first-order chi connectivity index (χ1) is 10.5. The molecule has 0 bridgehead atoms. The third kappa shape index (κ3) is 2.27. The van der Waals surface area contributed by atoms with Crippen molar-refractivity contribution in [1.29, 1.82) is 0 Å². The number of rotatable bonds is 3. The van der Waals surface area contributed by atoms with Crippen molar-refractivity contribution in [3.05, 3.63) is 70.8 Å². The van der Waals surface area contributed by atoms with Crippen LogP contribution in [0.3, 0.4) is 0 Å². The lowest BCUT2D eigenvalue weighted by atomic mass is 10.1. The molecule has 1 atom stereocenters. The third-order valence-electron chi connectivity index (χ3n) is 3.56. The van der Waals surface area contributed by atoms with Gasteiger partial charge in [-0.2, -0.15) is 0 Å². The average molecular weight is 303 g/mol. The molecule has 2 amide bonds. The smallest absolute Gasteiger partial charge is 0.261 e. The lowest BCUT2D eigenvalue weighted by Crippen LogP contribution is -2.34. The molecule has 1 N–H and O–H groups in total. The van der Waals surface area contributed by atoms with Crippen LogP contribution in [-0.2, 0) is 0 Å². The van der Waals surface area contributed by atoms with Crippen LogP contribution in [0.15, 0.2) is 42.5 Å². The number of imide groups is 1. The first-order valence-electron chi connectivity index (χ1n) is 6.57. The van der Waals surface area contributed by atoms with Gasteiger partial charge in [-0.05, 0) is 18.2 Å². The molecule has 0 radical (unpaired) electrons. The highest BCUT2D eigenvalue weighted by Gasteiger charge is 2.36. The minimum atomic E-state index is -1.43. The number of hydrogen-bond acceptors (Lipinski definition) is 3. The van der Waals surface area contributed by atoms with Gasteiger partial charge in [-0.1, -0.05) is 18.2 Å². The largest absolute Gasteiger partial charge is 0.386 e. The zero-order valence-electron chi connectivity index (χ0n) is 11.3. The minimum Gasteiger partial charge on any atom is -0.386 e. The summed E-state index contributed by atoms with van der Waals surface area (Å²) >= 11 is 0. The summed E-state index contributed by atoms with van der Waals surface area (Å²) in [6.45, 7) is -0.394. The number of aliphatic hydroxyl groups is 1. The van der Waals surface area contributed by atoms with Gasteiger partial charge in [-0.3, -0.25) is 14.5 Å². The van der Waals surface area contributed by atoms with Crippen molar-refractivity contribution in [3.8, 4) is 0 Å². The van der Waals surface area contributed by atoms with Crippen molar-refractivity contribution in [3.63, 3.8) is 0 Å². The molecule has 0 fully saturated rings. The Hall–Kier alpha value is -2.60. The fourth-order valence-electron chi connectivity index (χ4n) is 2.45. The Morgan fingerprint density at radius 2 is 1.59 bits per heavy atom. The summed E-state index contributed by atoms with van der Waals surface area (Å²) < 4.78 is 26.5. The topological polar surface area (TPSA) is 57.6 Å². The molecule has 2 aromatic carbocycles. The first-order valence-corrected chi connectivity index (χ1v) is 6.57. The molecule has 0 aliphatic carbocycles. The van der Waals surface area contributed by atoms with Gasteiger partial charge in [0.05, 0.1) is 23.8 Å². The summed E-state index contributed by atoms with van der Waals surface area (Å²) in [7, 11) is 0. The number of halogens is 2. The van der Waals surface area contributed by atoms with E-state index in [9.17, 15) is 23.5 Å². The molecule has 0 spiro atoms. The summed E-state index contributed by atoms with van der Waals surface area (Å²) in [5.41, 5.74) is 0.330. The SMILES string of the molecule is O=C1c2ccccc2C(=O)N1CC(O)c1ccc(F)cc1F. The van der Waals surface area contributed by atoms with Gasteiger partial charge < -0.3 is 5.11 Å². The highest BCUT2D eigenvalue weighted by atomic mass is 19.1. The van der Waals surface area contributed by atoms with Gasteiger partial charge in [0.2, 0.25) is 0 Å². The summed E-state index contributed by atoms with van der Waals surface area (Å²) in [6.07, 6.45) is -1.43. The van der Waals surface area contributed by atoms with Crippen LogP contribution in [0.4, 0.5) is 8.78 Å². The molecule has 4 nitrogen and oxygen atoms in total. The quantitative estimate of drug-likeness (QED) is 0.885. The van der Waals surface area contributed by atoms with Crippen molar-refractivity contribution < 1.29 is 23.5 Å². The number of aliphatic hydroxyl groups excluding tert-OH is 1. The van der Waals surface area contributed by atoms with Crippen LogP contribution in [-0.4, -0.2) is 28.4 Å². The highest BCUT2D eigenvalue weighted by Crippen LogP contribution is 2.26. The molecule has 1 aliphatic rings. The maximum absolute atomic E-state index is 13.6. The van der Waals surface area contributed by atoms with Crippen LogP contribution >= 0.6 is 0 Å². The lowest BCUT2D eigenvalue weighted by Gasteiger charge is -2.19. The Bertz CT molecular complexity index is 741. The maximum atomic E-state index is 13.6. The Labute approximate surface area is 124 Å². The van der Waals surface area contributed by atoms with Crippen molar-refractivity contribution in [2.45, 2.75) is 6.10 Å². The van der Waals surface area contributed by atoms with Gasteiger partial charge in [-0.25, -0.2) is 8.78 Å². The molecule has 0 saturated heterocycles. The van der Waals surface area contributed by atoms with Gasteiger partial charge in [-0.15, -0.1) is 0 Å². The molecule has 2 aromatic rings. The second-order valence-corrected chi connectivity index (χ2v) is 4.95. The average Bonchev–Trinajstić information content (AvgIpc) is 2.73. The van der Waals surface area contributed by atoms with E-state index in [1.807, 2.05) is 0 Å². The van der Waals surface area contributed by atoms with Gasteiger partial charge in [0.1, 0.15) is 11.6 Å². The van der Waals surface area contributed by atoms with Crippen LogP contribution in [0.1, 0.15) is 32.4 Å². The minimum absolute atomic E-state index is 0.169. The van der Waals surface area contributed by atoms with E-state index in [2.05, 4.69) is 0 Å². The molecule has 6 heteroatoms. The summed E-state index contributed by atoms with van der Waals surface area (Å²) in [5.74, 6) is -2.78. The molecular formula is C16H11F2NO3. The fraction of sp³-hybridized carbons (Fsp3) is 0.125. The van der Waals surface area contributed by atoms with Crippen molar-refractivity contribution in [1.82, 2.24) is 4.90 Å². The van der Waals surface area contributed by atoms with E-state index in [4.69, 9.17) is 0 Å². The first kappa shape index (κ1) is 14.3. The summed E-state index contributed by atoms with van der Waals surface area (Å²) in [6, 6.07) is 9.02. The standard InChI is InChI=1S/C16H11F2NO3/c17-9-5-6-12(13(18)7-9)14(20)8-19-15(21)10-3-1-2-4-11(10)16(19)22/h1-7,14,20H,8H2. The highest BCUT2D eigenvalue weighted by molar-refractivity contribution is 6.21. The Morgan fingerprint density at radius 1 is 1.00 bits per heavy atom. The van der Waals surface area contributed by atoms with Crippen LogP contribution in [0, 0.1) is 11.6 Å². The number of hydrogen-bond donors (Lipinski definition) is 1. The zero-order chi connectivity index (χ0) is 15.9. The van der Waals surface area contributed by atoms with Crippen LogP contribution in [0.5, 0.6) is 0 Å². The van der Waals surface area contributed by atoms with Crippen LogP contribution in [0.2, 0.25) is 0 Å². The normalized spacial score (nSPS) is 15.1. The van der Waals surface area contributed by atoms with Gasteiger partial charge in [0.25, 0.3) is 11.8 Å². The molecule has 0 aromatic heterocycles. The zero-order valence-corrected chi connectivity index (χ0v) is 11.3. The number of nitrogens with zero attached hydrogens (tertiary/aromatic N) is 1. The van der Waals surface area contributed by atoms with E-state index in [-0.39, 0.29) is 16.7 Å². The predicted octanol–water partition coefficient (Wildman–Crippen LogP) is 2.29. The van der Waals surface area contributed by atoms with E-state index < -0.39 is 36.1 Å². The van der Waals surface area contributed by atoms with E-state index >= 15 is 0 Å². The maximum Gasteiger partial charge on any atom is 0.261 e. The Morgan fingerprint density at radius 3 is 2.14 bits per heavy atom. The van der Waals surface area contributed by atoms with Crippen LogP contribution < -0.4 is 0 Å². The van der Waals surface area contributed by atoms with E-state index in [0.717, 1.165) is 17.0 Å². The second kappa shape index (κ2) is 5.31. The molecular weight excluding hydrogens is 292 g/mol. The summed E-state index contributed by atoms with van der Waals surface area (Å²) in [4.78, 5) is 25.2. The fourth-order valence-corrected chi connectivity index (χ4v) is 2.45. The van der Waals surface area contributed by atoms with Gasteiger partial charge in [0, 0.05) is 11.6 Å². The number of carbonyl (C=O) groups excluding carboxylic acids is 2. The third-order valence-corrected chi connectivity index (χ3v) is 3.56. The molecule has 1 heterocycles. The lowest BCUT2D eigenvalue weighted by molar-refractivity contribution is 0.0538. The number of carbonyl (C=O) groups is 2. The monoisotopic (exact) mass is 303 g/mol. The Kier molecular flexibility index (Phi) is 3.46. The van der Waals surface area contributed by atoms with E-state index in [1.165, 1.54) is 12.1 Å². The number of fused-ring (bicyclic) bond motifs is 1. The van der Waals surface area contributed by atoms with Crippen molar-refractivity contribution in [2.24, 2.45) is 0 Å². The molecule has 1 aliphatic heterocycles. The van der Waals surface area contributed by atoms with Crippen molar-refractivity contribution >= 4 is 11.8 Å².